The smallest absolute Gasteiger partial charge is 0.293 e. The molecule has 0 spiro atoms. The van der Waals surface area contributed by atoms with Crippen molar-refractivity contribution in [2.24, 2.45) is 0 Å². The highest BCUT2D eigenvalue weighted by Gasteiger charge is 1.88. The fourth-order valence-electron chi connectivity index (χ4n) is 1.40. The molecule has 1 aromatic carbocycles. The lowest BCUT2D eigenvalue weighted by Gasteiger charge is -1.98. The van der Waals surface area contributed by atoms with Crippen molar-refractivity contribution in [2.45, 2.75) is 45.4 Å². The number of unbranched alkanes of at least 4 members (excludes halogenated alkanes) is 5. The molecular weight excluding hydrogens is 212 g/mol. The van der Waals surface area contributed by atoms with Gasteiger partial charge in [-0.1, -0.05) is 75.4 Å². The van der Waals surface area contributed by atoms with Gasteiger partial charge < -0.3 is 4.74 Å². The zero-order chi connectivity index (χ0) is 12.6. The van der Waals surface area contributed by atoms with E-state index in [1.807, 2.05) is 36.4 Å². The number of benzene rings is 1. The third kappa shape index (κ3) is 14.7. The lowest BCUT2D eigenvalue weighted by atomic mass is 10.1. The lowest BCUT2D eigenvalue weighted by Crippen LogP contribution is -1.90. The van der Waals surface area contributed by atoms with Crippen LogP contribution < -0.4 is 0 Å². The Hall–Kier alpha value is -1.31. The van der Waals surface area contributed by atoms with E-state index >= 15 is 0 Å². The number of ether oxygens (including phenoxy) is 1. The molecule has 0 saturated heterocycles. The number of hydrogen-bond donors (Lipinski definition) is 0. The van der Waals surface area contributed by atoms with E-state index in [0.717, 1.165) is 6.42 Å². The first-order valence-electron chi connectivity index (χ1n) is 6.47. The van der Waals surface area contributed by atoms with Crippen LogP contribution >= 0.6 is 0 Å². The van der Waals surface area contributed by atoms with E-state index in [0.29, 0.717) is 13.1 Å². The summed E-state index contributed by atoms with van der Waals surface area (Å²) in [6.07, 6.45) is 7.41. The maximum atomic E-state index is 9.72. The second-order valence-corrected chi connectivity index (χ2v) is 3.89. The SMILES string of the molecule is CCCCCCCCOC=O.c1ccccc1. The average Bonchev–Trinajstić information content (AvgIpc) is 2.41. The summed E-state index contributed by atoms with van der Waals surface area (Å²) in [6.45, 7) is 3.32. The fourth-order valence-corrected chi connectivity index (χ4v) is 1.40. The predicted octanol–water partition coefficient (Wildman–Crippen LogP) is 4.21. The molecule has 0 aliphatic rings. The first kappa shape index (κ1) is 15.7. The largest absolute Gasteiger partial charge is 0.468 e. The first-order valence-corrected chi connectivity index (χ1v) is 6.47. The molecule has 17 heavy (non-hydrogen) atoms. The maximum absolute atomic E-state index is 9.72. The number of hydrogen-bond acceptors (Lipinski definition) is 2. The average molecular weight is 236 g/mol. The summed E-state index contributed by atoms with van der Waals surface area (Å²) in [5, 5.41) is 0. The molecule has 0 saturated carbocycles. The zero-order valence-electron chi connectivity index (χ0n) is 10.8. The summed E-state index contributed by atoms with van der Waals surface area (Å²) in [6, 6.07) is 12.0. The molecule has 0 amide bonds. The molecule has 2 nitrogen and oxygen atoms in total. The second kappa shape index (κ2) is 14.7. The van der Waals surface area contributed by atoms with Gasteiger partial charge in [0.05, 0.1) is 6.61 Å². The molecule has 0 aliphatic heterocycles. The van der Waals surface area contributed by atoms with Gasteiger partial charge >= 0.3 is 0 Å². The van der Waals surface area contributed by atoms with Crippen LogP contribution in [0.4, 0.5) is 0 Å². The van der Waals surface area contributed by atoms with E-state index in [-0.39, 0.29) is 0 Å². The minimum atomic E-state index is 0.520. The van der Waals surface area contributed by atoms with Crippen molar-refractivity contribution in [3.05, 3.63) is 36.4 Å². The second-order valence-electron chi connectivity index (χ2n) is 3.89. The molecular formula is C15H24O2. The first-order chi connectivity index (χ1) is 8.41. The van der Waals surface area contributed by atoms with Crippen LogP contribution in [-0.2, 0) is 9.53 Å². The molecule has 0 unspecified atom stereocenters. The summed E-state index contributed by atoms with van der Waals surface area (Å²) in [4.78, 5) is 9.72. The van der Waals surface area contributed by atoms with E-state index in [9.17, 15) is 4.79 Å². The molecule has 0 aromatic heterocycles. The Balaban J connectivity index is 0.000000354. The number of carbonyl (C=O) groups excluding carboxylic acids is 1. The van der Waals surface area contributed by atoms with Gasteiger partial charge in [-0.3, -0.25) is 4.79 Å². The Kier molecular flexibility index (Phi) is 13.6. The van der Waals surface area contributed by atoms with Crippen molar-refractivity contribution < 1.29 is 9.53 Å². The summed E-state index contributed by atoms with van der Waals surface area (Å²) in [5.41, 5.74) is 0. The maximum Gasteiger partial charge on any atom is 0.293 e. The molecule has 0 bridgehead atoms. The fraction of sp³-hybridized carbons (Fsp3) is 0.533. The van der Waals surface area contributed by atoms with Crippen LogP contribution in [0.3, 0.4) is 0 Å². The third-order valence-electron chi connectivity index (χ3n) is 2.35. The number of carbonyl (C=O) groups is 1. The highest BCUT2D eigenvalue weighted by atomic mass is 16.5. The standard InChI is InChI=1S/C9H18O2.C6H6/c1-2-3-4-5-6-7-8-11-9-10;1-2-4-6-5-3-1/h9H,2-8H2,1H3;1-6H. The highest BCUT2D eigenvalue weighted by Crippen LogP contribution is 2.04. The molecule has 96 valence electrons. The zero-order valence-corrected chi connectivity index (χ0v) is 10.8. The van der Waals surface area contributed by atoms with E-state index in [4.69, 9.17) is 0 Å². The summed E-state index contributed by atoms with van der Waals surface area (Å²) < 4.78 is 4.56. The van der Waals surface area contributed by atoms with Crippen LogP contribution in [-0.4, -0.2) is 13.1 Å². The van der Waals surface area contributed by atoms with Crippen LogP contribution in [0.15, 0.2) is 36.4 Å². The predicted molar refractivity (Wildman–Crippen MR) is 71.8 cm³/mol. The van der Waals surface area contributed by atoms with E-state index in [1.54, 1.807) is 0 Å². The third-order valence-corrected chi connectivity index (χ3v) is 2.35. The molecule has 0 aliphatic carbocycles. The van der Waals surface area contributed by atoms with Crippen molar-refractivity contribution in [1.82, 2.24) is 0 Å². The van der Waals surface area contributed by atoms with Gasteiger partial charge in [0.1, 0.15) is 0 Å². The van der Waals surface area contributed by atoms with Crippen LogP contribution in [0.25, 0.3) is 0 Å². The van der Waals surface area contributed by atoms with Crippen LogP contribution in [0, 0.1) is 0 Å². The van der Waals surface area contributed by atoms with Crippen molar-refractivity contribution >= 4 is 6.47 Å². The van der Waals surface area contributed by atoms with Gasteiger partial charge in [-0.15, -0.1) is 0 Å². The van der Waals surface area contributed by atoms with E-state index < -0.39 is 0 Å². The van der Waals surface area contributed by atoms with Gasteiger partial charge in [0, 0.05) is 0 Å². The van der Waals surface area contributed by atoms with Gasteiger partial charge in [-0.25, -0.2) is 0 Å². The van der Waals surface area contributed by atoms with Gasteiger partial charge in [0.2, 0.25) is 0 Å². The van der Waals surface area contributed by atoms with E-state index in [2.05, 4.69) is 11.7 Å². The Morgan fingerprint density at radius 1 is 0.824 bits per heavy atom. The Bertz CT molecular complexity index is 207. The van der Waals surface area contributed by atoms with Crippen LogP contribution in [0.2, 0.25) is 0 Å². The molecule has 0 heterocycles. The Labute approximate surface area is 105 Å². The quantitative estimate of drug-likeness (QED) is 0.499. The van der Waals surface area contributed by atoms with E-state index in [1.165, 1.54) is 32.1 Å². The summed E-state index contributed by atoms with van der Waals surface area (Å²) >= 11 is 0. The van der Waals surface area contributed by atoms with Gasteiger partial charge in [-0.05, 0) is 6.42 Å². The van der Waals surface area contributed by atoms with Crippen LogP contribution in [0.1, 0.15) is 45.4 Å². The van der Waals surface area contributed by atoms with Gasteiger partial charge in [0.15, 0.2) is 0 Å². The Morgan fingerprint density at radius 3 is 1.76 bits per heavy atom. The monoisotopic (exact) mass is 236 g/mol. The normalized spacial score (nSPS) is 9.00. The molecule has 0 radical (unpaired) electrons. The van der Waals surface area contributed by atoms with Gasteiger partial charge in [0.25, 0.3) is 6.47 Å². The van der Waals surface area contributed by atoms with Crippen molar-refractivity contribution in [2.75, 3.05) is 6.61 Å². The molecule has 0 atom stereocenters. The minimum Gasteiger partial charge on any atom is -0.468 e. The molecule has 1 rings (SSSR count). The molecule has 1 aromatic rings. The van der Waals surface area contributed by atoms with Gasteiger partial charge in [-0.2, -0.15) is 0 Å². The summed E-state index contributed by atoms with van der Waals surface area (Å²) in [5.74, 6) is 0. The molecule has 0 fully saturated rings. The van der Waals surface area contributed by atoms with Crippen LogP contribution in [0.5, 0.6) is 0 Å². The lowest BCUT2D eigenvalue weighted by molar-refractivity contribution is -0.128. The minimum absolute atomic E-state index is 0.520. The van der Waals surface area contributed by atoms with Crippen molar-refractivity contribution in [3.8, 4) is 0 Å². The molecule has 0 N–H and O–H groups in total. The van der Waals surface area contributed by atoms with Crippen molar-refractivity contribution in [3.63, 3.8) is 0 Å². The Morgan fingerprint density at radius 2 is 1.29 bits per heavy atom. The molecule has 2 heteroatoms. The topological polar surface area (TPSA) is 26.3 Å². The number of rotatable bonds is 8. The highest BCUT2D eigenvalue weighted by molar-refractivity contribution is 5.36. The van der Waals surface area contributed by atoms with Crippen molar-refractivity contribution in [1.29, 1.82) is 0 Å². The summed E-state index contributed by atoms with van der Waals surface area (Å²) in [7, 11) is 0.